The Hall–Kier alpha value is -4.64. The second-order valence-electron chi connectivity index (χ2n) is 6.63. The first-order valence-electron chi connectivity index (χ1n) is 9.39. The fraction of sp³-hybridized carbons (Fsp3) is 0.0833. The topological polar surface area (TPSA) is 126 Å². The summed E-state index contributed by atoms with van der Waals surface area (Å²) in [6.45, 7) is 0.0573. The van der Waals surface area contributed by atoms with Crippen molar-refractivity contribution >= 4 is 23.3 Å². The molecule has 0 bridgehead atoms. The summed E-state index contributed by atoms with van der Waals surface area (Å²) in [7, 11) is 1.48. The summed E-state index contributed by atoms with van der Waals surface area (Å²) < 4.78 is 11.3. The molecule has 0 atom stereocenters. The van der Waals surface area contributed by atoms with Crippen molar-refractivity contribution in [2.45, 2.75) is 6.61 Å². The van der Waals surface area contributed by atoms with Crippen molar-refractivity contribution in [3.63, 3.8) is 0 Å². The van der Waals surface area contributed by atoms with E-state index in [0.717, 1.165) is 0 Å². The highest BCUT2D eigenvalue weighted by molar-refractivity contribution is 5.91. The summed E-state index contributed by atoms with van der Waals surface area (Å²) in [5, 5.41) is 31.6. The lowest BCUT2D eigenvalue weighted by molar-refractivity contribution is -0.384. The molecule has 3 aromatic rings. The molecule has 32 heavy (non-hydrogen) atoms. The number of carboxylic acids is 1. The van der Waals surface area contributed by atoms with Crippen LogP contribution in [0.4, 0.5) is 5.69 Å². The van der Waals surface area contributed by atoms with Crippen molar-refractivity contribution < 1.29 is 24.3 Å². The number of nitrogens with zero attached hydrogens (tertiary/aromatic N) is 2. The number of benzene rings is 3. The molecule has 8 heteroatoms. The van der Waals surface area contributed by atoms with Crippen LogP contribution in [0, 0.1) is 21.4 Å². The first kappa shape index (κ1) is 22.1. The molecule has 3 aromatic carbocycles. The fourth-order valence-electron chi connectivity index (χ4n) is 3.00. The summed E-state index contributed by atoms with van der Waals surface area (Å²) in [4.78, 5) is 21.4. The molecular formula is C24H17N2O6-. The zero-order valence-corrected chi connectivity index (χ0v) is 17.0. The number of hydrogen-bond donors (Lipinski definition) is 0. The van der Waals surface area contributed by atoms with Crippen molar-refractivity contribution in [1.82, 2.24) is 0 Å². The van der Waals surface area contributed by atoms with Crippen LogP contribution in [0.25, 0.3) is 11.6 Å². The molecule has 0 fully saturated rings. The van der Waals surface area contributed by atoms with Gasteiger partial charge in [0.15, 0.2) is 11.5 Å². The van der Waals surface area contributed by atoms with Gasteiger partial charge >= 0.3 is 0 Å². The van der Waals surface area contributed by atoms with Crippen LogP contribution < -0.4 is 14.6 Å². The smallest absolute Gasteiger partial charge is 0.269 e. The van der Waals surface area contributed by atoms with E-state index >= 15 is 0 Å². The lowest BCUT2D eigenvalue weighted by atomic mass is 10.0. The number of nitro groups is 1. The number of hydrogen-bond acceptors (Lipinski definition) is 7. The Morgan fingerprint density at radius 1 is 1.09 bits per heavy atom. The second kappa shape index (κ2) is 9.91. The summed E-state index contributed by atoms with van der Waals surface area (Å²) >= 11 is 0. The Kier molecular flexibility index (Phi) is 6.83. The summed E-state index contributed by atoms with van der Waals surface area (Å²) in [6.07, 6.45) is 1.59. The van der Waals surface area contributed by atoms with E-state index in [4.69, 9.17) is 9.47 Å². The van der Waals surface area contributed by atoms with Crippen molar-refractivity contribution in [2.24, 2.45) is 0 Å². The molecule has 0 aliphatic carbocycles. The number of rotatable bonds is 8. The van der Waals surface area contributed by atoms with Gasteiger partial charge in [0, 0.05) is 17.7 Å². The number of nitriles is 1. The van der Waals surface area contributed by atoms with E-state index in [1.54, 1.807) is 36.4 Å². The molecule has 0 unspecified atom stereocenters. The monoisotopic (exact) mass is 429 g/mol. The van der Waals surface area contributed by atoms with Crippen molar-refractivity contribution in [2.75, 3.05) is 7.11 Å². The molecule has 3 rings (SSSR count). The lowest BCUT2D eigenvalue weighted by Crippen LogP contribution is -2.22. The van der Waals surface area contributed by atoms with Gasteiger partial charge < -0.3 is 19.4 Å². The number of allylic oxidation sites excluding steroid dienone is 1. The molecule has 0 aromatic heterocycles. The number of para-hydroxylation sites is 1. The lowest BCUT2D eigenvalue weighted by Gasteiger charge is -2.14. The van der Waals surface area contributed by atoms with Crippen LogP contribution in [0.1, 0.15) is 27.0 Å². The zero-order valence-electron chi connectivity index (χ0n) is 17.0. The van der Waals surface area contributed by atoms with E-state index in [2.05, 4.69) is 6.07 Å². The fourth-order valence-corrected chi connectivity index (χ4v) is 3.00. The molecule has 0 spiro atoms. The van der Waals surface area contributed by atoms with Gasteiger partial charge in [0.25, 0.3) is 5.69 Å². The predicted octanol–water partition coefficient (Wildman–Crippen LogP) is 3.61. The molecule has 0 heterocycles. The first-order chi connectivity index (χ1) is 15.4. The molecule has 0 saturated heterocycles. The Balaban J connectivity index is 1.94. The number of aromatic carboxylic acids is 1. The Bertz CT molecular complexity index is 1230. The molecule has 0 N–H and O–H groups in total. The van der Waals surface area contributed by atoms with Crippen LogP contribution in [-0.2, 0) is 6.61 Å². The van der Waals surface area contributed by atoms with Crippen molar-refractivity contribution in [3.8, 4) is 17.6 Å². The molecule has 0 radical (unpaired) electrons. The first-order valence-corrected chi connectivity index (χ1v) is 9.39. The van der Waals surface area contributed by atoms with Crippen LogP contribution in [0.5, 0.6) is 11.5 Å². The van der Waals surface area contributed by atoms with Crippen LogP contribution in [0.2, 0.25) is 0 Å². The standard InChI is InChI=1S/C24H18N2O6/c1-31-22-7-3-5-18(13-20(14-25)17-8-10-21(11-9-17)26(29)30)23(22)32-15-16-4-2-6-19(12-16)24(27)28/h2-13H,15H2,1H3,(H,27,28)/p-1/b20-13+. The summed E-state index contributed by atoms with van der Waals surface area (Å²) in [6, 6.07) is 19.1. The van der Waals surface area contributed by atoms with Crippen LogP contribution >= 0.6 is 0 Å². The Labute approximate surface area is 183 Å². The average molecular weight is 429 g/mol. The highest BCUT2D eigenvalue weighted by Crippen LogP contribution is 2.34. The Morgan fingerprint density at radius 2 is 1.81 bits per heavy atom. The highest BCUT2D eigenvalue weighted by Gasteiger charge is 2.13. The number of ether oxygens (including phenoxy) is 2. The maximum atomic E-state index is 11.1. The minimum absolute atomic E-state index is 0.0381. The van der Waals surface area contributed by atoms with E-state index in [1.165, 1.54) is 43.5 Å². The number of carbonyl (C=O) groups excluding carboxylic acids is 1. The minimum atomic E-state index is -1.28. The molecule has 0 aliphatic heterocycles. The molecule has 0 saturated carbocycles. The normalized spacial score (nSPS) is 10.8. The molecule has 0 amide bonds. The van der Waals surface area contributed by atoms with Crippen molar-refractivity contribution in [1.29, 1.82) is 5.26 Å². The van der Waals surface area contributed by atoms with Gasteiger partial charge in [-0.1, -0.05) is 30.3 Å². The van der Waals surface area contributed by atoms with Gasteiger partial charge in [-0.2, -0.15) is 5.26 Å². The largest absolute Gasteiger partial charge is 0.545 e. The maximum Gasteiger partial charge on any atom is 0.269 e. The molecule has 8 nitrogen and oxygen atoms in total. The van der Waals surface area contributed by atoms with Crippen LogP contribution in [-0.4, -0.2) is 18.0 Å². The zero-order chi connectivity index (χ0) is 23.1. The summed E-state index contributed by atoms with van der Waals surface area (Å²) in [5.74, 6) is -0.492. The van der Waals surface area contributed by atoms with Crippen molar-refractivity contribution in [3.05, 3.63) is 99.1 Å². The molecule has 160 valence electrons. The predicted molar refractivity (Wildman–Crippen MR) is 115 cm³/mol. The number of carbonyl (C=O) groups is 1. The molecule has 0 aliphatic rings. The minimum Gasteiger partial charge on any atom is -0.545 e. The number of nitro benzene ring substituents is 1. The van der Waals surface area contributed by atoms with Gasteiger partial charge in [-0.25, -0.2) is 0 Å². The average Bonchev–Trinajstić information content (AvgIpc) is 2.81. The maximum absolute atomic E-state index is 11.1. The molecular weight excluding hydrogens is 412 g/mol. The van der Waals surface area contributed by atoms with Gasteiger partial charge in [0.2, 0.25) is 0 Å². The van der Waals surface area contributed by atoms with E-state index in [9.17, 15) is 25.3 Å². The third kappa shape index (κ3) is 5.09. The third-order valence-electron chi connectivity index (χ3n) is 4.58. The van der Waals surface area contributed by atoms with E-state index < -0.39 is 10.9 Å². The number of non-ortho nitro benzene ring substituents is 1. The number of methoxy groups -OCH3 is 1. The second-order valence-corrected chi connectivity index (χ2v) is 6.63. The van der Waals surface area contributed by atoms with E-state index in [0.29, 0.717) is 28.2 Å². The van der Waals surface area contributed by atoms with E-state index in [-0.39, 0.29) is 23.4 Å². The number of carboxylic acid groups (broad SMARTS) is 1. The third-order valence-corrected chi connectivity index (χ3v) is 4.58. The quantitative estimate of drug-likeness (QED) is 0.232. The van der Waals surface area contributed by atoms with Gasteiger partial charge in [0.05, 0.1) is 29.6 Å². The van der Waals surface area contributed by atoms with Gasteiger partial charge in [-0.3, -0.25) is 10.1 Å². The Morgan fingerprint density at radius 3 is 2.44 bits per heavy atom. The van der Waals surface area contributed by atoms with Gasteiger partial charge in [0.1, 0.15) is 6.61 Å². The van der Waals surface area contributed by atoms with Crippen LogP contribution in [0.3, 0.4) is 0 Å². The van der Waals surface area contributed by atoms with Crippen LogP contribution in [0.15, 0.2) is 66.7 Å². The SMILES string of the molecule is COc1cccc(/C=C(\C#N)c2ccc([N+](=O)[O-])cc2)c1OCc1cccc(C(=O)[O-])c1. The van der Waals surface area contributed by atoms with Gasteiger partial charge in [-0.15, -0.1) is 0 Å². The summed E-state index contributed by atoms with van der Waals surface area (Å²) in [5.41, 5.74) is 1.91. The van der Waals surface area contributed by atoms with Gasteiger partial charge in [-0.05, 0) is 47.0 Å². The highest BCUT2D eigenvalue weighted by atomic mass is 16.6. The van der Waals surface area contributed by atoms with E-state index in [1.807, 2.05) is 0 Å².